The lowest BCUT2D eigenvalue weighted by Gasteiger charge is -2.11. The first-order chi connectivity index (χ1) is 7.00. The first-order valence-corrected chi connectivity index (χ1v) is 4.52. The number of alkyl halides is 2. The summed E-state index contributed by atoms with van der Waals surface area (Å²) in [4.78, 5) is 3.60. The molecule has 1 aromatic heterocycles. The van der Waals surface area contributed by atoms with Crippen LogP contribution in [0.4, 0.5) is 14.6 Å². The van der Waals surface area contributed by atoms with Gasteiger partial charge in [-0.2, -0.15) is 4.98 Å². The molecular formula is C6H6Cl2F2N4O. The maximum atomic E-state index is 11.9. The molecule has 1 unspecified atom stereocenters. The normalized spacial score (nSPS) is 12.9. The van der Waals surface area contributed by atoms with Gasteiger partial charge in [-0.05, 0) is 11.6 Å². The van der Waals surface area contributed by atoms with Gasteiger partial charge in [0.2, 0.25) is 5.28 Å². The zero-order chi connectivity index (χ0) is 11.4. The molecule has 0 spiro atoms. The molecule has 0 saturated heterocycles. The van der Waals surface area contributed by atoms with Crippen molar-refractivity contribution in [2.75, 3.05) is 11.9 Å². The third kappa shape index (κ3) is 3.69. The molecule has 0 aliphatic heterocycles. The van der Waals surface area contributed by atoms with Gasteiger partial charge < -0.3 is 10.4 Å². The van der Waals surface area contributed by atoms with Crippen molar-refractivity contribution < 1.29 is 13.9 Å². The van der Waals surface area contributed by atoms with Crippen LogP contribution in [0.5, 0.6) is 0 Å². The minimum absolute atomic E-state index is 0.00336. The number of aliphatic hydroxyl groups excluding tert-OH is 1. The molecule has 1 aromatic rings. The summed E-state index contributed by atoms with van der Waals surface area (Å²) in [6, 6.07) is 0. The Morgan fingerprint density at radius 3 is 2.60 bits per heavy atom. The molecule has 15 heavy (non-hydrogen) atoms. The second-order valence-corrected chi connectivity index (χ2v) is 3.20. The van der Waals surface area contributed by atoms with E-state index in [0.29, 0.717) is 0 Å². The van der Waals surface area contributed by atoms with E-state index < -0.39 is 19.1 Å². The molecule has 0 bridgehead atoms. The predicted molar refractivity (Wildman–Crippen MR) is 50.3 cm³/mol. The van der Waals surface area contributed by atoms with E-state index in [0.717, 1.165) is 0 Å². The van der Waals surface area contributed by atoms with E-state index in [2.05, 4.69) is 20.5 Å². The molecule has 0 fully saturated rings. The summed E-state index contributed by atoms with van der Waals surface area (Å²) < 4.78 is 23.8. The molecule has 9 heteroatoms. The van der Waals surface area contributed by atoms with E-state index >= 15 is 0 Å². The average Bonchev–Trinajstić information content (AvgIpc) is 2.18. The number of rotatable bonds is 4. The van der Waals surface area contributed by atoms with Crippen LogP contribution in [0.2, 0.25) is 10.4 Å². The largest absolute Gasteiger partial charge is 0.385 e. The molecule has 0 aromatic carbocycles. The lowest BCUT2D eigenvalue weighted by Crippen LogP contribution is -2.27. The van der Waals surface area contributed by atoms with Crippen molar-refractivity contribution in [1.29, 1.82) is 0 Å². The SMILES string of the molecule is OC(CNc1nc(Cl)nnc1Cl)C(F)F. The number of nitrogens with zero attached hydrogens (tertiary/aromatic N) is 3. The highest BCUT2D eigenvalue weighted by atomic mass is 35.5. The lowest BCUT2D eigenvalue weighted by atomic mass is 10.4. The van der Waals surface area contributed by atoms with Crippen molar-refractivity contribution in [3.05, 3.63) is 10.4 Å². The topological polar surface area (TPSA) is 70.9 Å². The van der Waals surface area contributed by atoms with Gasteiger partial charge in [0, 0.05) is 6.54 Å². The second kappa shape index (κ2) is 5.34. The maximum Gasteiger partial charge on any atom is 0.265 e. The molecule has 5 nitrogen and oxygen atoms in total. The van der Waals surface area contributed by atoms with Crippen molar-refractivity contribution in [2.24, 2.45) is 0 Å². The van der Waals surface area contributed by atoms with Gasteiger partial charge in [-0.1, -0.05) is 11.6 Å². The summed E-state index contributed by atoms with van der Waals surface area (Å²) in [7, 11) is 0. The van der Waals surface area contributed by atoms with Crippen LogP contribution in [-0.4, -0.2) is 39.4 Å². The Balaban J connectivity index is 2.61. The lowest BCUT2D eigenvalue weighted by molar-refractivity contribution is 0.00380. The van der Waals surface area contributed by atoms with Crippen LogP contribution in [0, 0.1) is 0 Å². The average molecular weight is 259 g/mol. The zero-order valence-electron chi connectivity index (χ0n) is 7.16. The Morgan fingerprint density at radius 1 is 1.33 bits per heavy atom. The second-order valence-electron chi connectivity index (χ2n) is 2.50. The molecular weight excluding hydrogens is 253 g/mol. The molecule has 1 rings (SSSR count). The first kappa shape index (κ1) is 12.3. The Kier molecular flexibility index (Phi) is 4.37. The van der Waals surface area contributed by atoms with Crippen LogP contribution >= 0.6 is 23.2 Å². The molecule has 0 radical (unpaired) electrons. The van der Waals surface area contributed by atoms with Crippen LogP contribution in [0.15, 0.2) is 0 Å². The molecule has 0 saturated carbocycles. The zero-order valence-corrected chi connectivity index (χ0v) is 8.67. The molecule has 0 aliphatic carbocycles. The van der Waals surface area contributed by atoms with Crippen LogP contribution in [0.25, 0.3) is 0 Å². The number of aliphatic hydroxyl groups is 1. The van der Waals surface area contributed by atoms with Crippen LogP contribution < -0.4 is 5.32 Å². The minimum Gasteiger partial charge on any atom is -0.385 e. The van der Waals surface area contributed by atoms with Crippen LogP contribution in [-0.2, 0) is 0 Å². The molecule has 2 N–H and O–H groups in total. The summed E-state index contributed by atoms with van der Waals surface area (Å²) in [5.74, 6) is -0.00336. The number of halogens is 4. The fourth-order valence-corrected chi connectivity index (χ4v) is 0.965. The van der Waals surface area contributed by atoms with E-state index in [1.165, 1.54) is 0 Å². The van der Waals surface area contributed by atoms with Crippen molar-refractivity contribution >= 4 is 29.0 Å². The van der Waals surface area contributed by atoms with E-state index in [9.17, 15) is 8.78 Å². The Bertz CT molecular complexity index is 341. The Hall–Kier alpha value is -0.790. The number of anilines is 1. The molecule has 1 atom stereocenters. The molecule has 0 amide bonds. The fraction of sp³-hybridized carbons (Fsp3) is 0.500. The summed E-state index contributed by atoms with van der Waals surface area (Å²) in [6.45, 7) is -0.410. The number of hydrogen-bond donors (Lipinski definition) is 2. The van der Waals surface area contributed by atoms with Gasteiger partial charge in [-0.3, -0.25) is 0 Å². The van der Waals surface area contributed by atoms with E-state index in [1.54, 1.807) is 0 Å². The van der Waals surface area contributed by atoms with Crippen molar-refractivity contribution in [2.45, 2.75) is 12.5 Å². The van der Waals surface area contributed by atoms with Crippen molar-refractivity contribution in [3.8, 4) is 0 Å². The highest BCUT2D eigenvalue weighted by Crippen LogP contribution is 2.16. The van der Waals surface area contributed by atoms with Gasteiger partial charge in [0.25, 0.3) is 6.43 Å². The number of hydrogen-bond acceptors (Lipinski definition) is 5. The first-order valence-electron chi connectivity index (χ1n) is 3.76. The quantitative estimate of drug-likeness (QED) is 0.850. The van der Waals surface area contributed by atoms with Gasteiger partial charge in [-0.15, -0.1) is 10.2 Å². The molecule has 84 valence electrons. The Morgan fingerprint density at radius 2 is 2.00 bits per heavy atom. The van der Waals surface area contributed by atoms with Crippen molar-refractivity contribution in [3.63, 3.8) is 0 Å². The number of aromatic nitrogens is 3. The monoisotopic (exact) mass is 258 g/mol. The Labute approximate surface area is 93.4 Å². The van der Waals surface area contributed by atoms with E-state index in [1.807, 2.05) is 0 Å². The molecule has 0 aliphatic rings. The van der Waals surface area contributed by atoms with Gasteiger partial charge in [0.05, 0.1) is 0 Å². The van der Waals surface area contributed by atoms with Gasteiger partial charge in [0.15, 0.2) is 11.0 Å². The van der Waals surface area contributed by atoms with E-state index in [4.69, 9.17) is 28.3 Å². The smallest absolute Gasteiger partial charge is 0.265 e. The summed E-state index contributed by atoms with van der Waals surface area (Å²) in [5.41, 5.74) is 0. The van der Waals surface area contributed by atoms with Gasteiger partial charge in [0.1, 0.15) is 6.10 Å². The van der Waals surface area contributed by atoms with Gasteiger partial charge in [-0.25, -0.2) is 8.78 Å². The predicted octanol–water partition coefficient (Wildman–Crippen LogP) is 1.22. The van der Waals surface area contributed by atoms with Gasteiger partial charge >= 0.3 is 0 Å². The summed E-state index contributed by atoms with van der Waals surface area (Å²) in [6.07, 6.45) is -4.66. The third-order valence-corrected chi connectivity index (χ3v) is 1.80. The number of nitrogens with one attached hydrogen (secondary N) is 1. The third-order valence-electron chi connectivity index (χ3n) is 1.39. The van der Waals surface area contributed by atoms with Crippen LogP contribution in [0.1, 0.15) is 0 Å². The summed E-state index contributed by atoms with van der Waals surface area (Å²) >= 11 is 10.9. The molecule has 1 heterocycles. The fourth-order valence-electron chi connectivity index (χ4n) is 0.696. The van der Waals surface area contributed by atoms with E-state index in [-0.39, 0.29) is 16.3 Å². The summed E-state index contributed by atoms with van der Waals surface area (Å²) in [5, 5.41) is 17.6. The highest BCUT2D eigenvalue weighted by Gasteiger charge is 2.17. The standard InChI is InChI=1S/C6H6Cl2F2N4O/c7-3-5(12-6(8)14-13-3)11-1-2(15)4(9)10/h2,4,15H,1H2,(H,11,12,14). The van der Waals surface area contributed by atoms with Crippen molar-refractivity contribution in [1.82, 2.24) is 15.2 Å². The maximum absolute atomic E-state index is 11.9. The van der Waals surface area contributed by atoms with Crippen LogP contribution in [0.3, 0.4) is 0 Å². The minimum atomic E-state index is -2.85. The highest BCUT2D eigenvalue weighted by molar-refractivity contribution is 6.32.